The summed E-state index contributed by atoms with van der Waals surface area (Å²) in [4.78, 5) is 29.1. The number of pyridine rings is 1. The van der Waals surface area contributed by atoms with Crippen molar-refractivity contribution in [3.8, 4) is 5.88 Å². The zero-order valence-corrected chi connectivity index (χ0v) is 12.7. The maximum Gasteiger partial charge on any atom is 0.313 e. The van der Waals surface area contributed by atoms with E-state index in [0.717, 1.165) is 5.56 Å². The normalized spacial score (nSPS) is 16.9. The van der Waals surface area contributed by atoms with Crippen LogP contribution < -0.4 is 10.3 Å². The molecule has 23 heavy (non-hydrogen) atoms. The van der Waals surface area contributed by atoms with Gasteiger partial charge in [0.05, 0.1) is 12.0 Å². The summed E-state index contributed by atoms with van der Waals surface area (Å²) in [5, 5.41) is 0.510. The van der Waals surface area contributed by atoms with E-state index >= 15 is 0 Å². The largest absolute Gasteiger partial charge is 0.407 e. The lowest BCUT2D eigenvalue weighted by Crippen LogP contribution is -2.31. The number of fused-ring (bicyclic) bond motifs is 2. The van der Waals surface area contributed by atoms with Crippen molar-refractivity contribution in [2.75, 3.05) is 0 Å². The van der Waals surface area contributed by atoms with E-state index in [1.807, 2.05) is 12.1 Å². The molecule has 1 aromatic carbocycles. The first-order chi connectivity index (χ1) is 11.1. The Labute approximate surface area is 136 Å². The summed E-state index contributed by atoms with van der Waals surface area (Å²) >= 11 is 6.26. The van der Waals surface area contributed by atoms with Crippen LogP contribution in [-0.4, -0.2) is 15.4 Å². The Morgan fingerprint density at radius 3 is 2.74 bits per heavy atom. The number of esters is 1. The lowest BCUT2D eigenvalue weighted by molar-refractivity contribution is -0.135. The molecule has 114 valence electrons. The van der Waals surface area contributed by atoms with E-state index in [2.05, 4.69) is 4.98 Å². The van der Waals surface area contributed by atoms with Gasteiger partial charge in [0.1, 0.15) is 5.65 Å². The summed E-state index contributed by atoms with van der Waals surface area (Å²) in [6, 6.07) is 12.4. The van der Waals surface area contributed by atoms with E-state index in [4.69, 9.17) is 16.3 Å². The average Bonchev–Trinajstić information content (AvgIpc) is 2.54. The number of aromatic nitrogens is 2. The van der Waals surface area contributed by atoms with Gasteiger partial charge in [-0.25, -0.2) is 0 Å². The third kappa shape index (κ3) is 2.21. The van der Waals surface area contributed by atoms with Gasteiger partial charge in [-0.1, -0.05) is 35.9 Å². The first-order valence-electron chi connectivity index (χ1n) is 7.11. The third-order valence-corrected chi connectivity index (χ3v) is 4.29. The molecule has 4 rings (SSSR count). The fraction of sp³-hybridized carbons (Fsp3) is 0.118. The molecule has 1 aliphatic rings. The fourth-order valence-corrected chi connectivity index (χ4v) is 3.17. The van der Waals surface area contributed by atoms with Crippen molar-refractivity contribution in [1.82, 2.24) is 9.38 Å². The Kier molecular flexibility index (Phi) is 3.16. The van der Waals surface area contributed by atoms with Gasteiger partial charge >= 0.3 is 5.97 Å². The minimum absolute atomic E-state index is 0.0621. The quantitative estimate of drug-likeness (QED) is 0.645. The predicted molar refractivity (Wildman–Crippen MR) is 85.0 cm³/mol. The molecule has 2 aromatic heterocycles. The molecule has 0 aliphatic carbocycles. The van der Waals surface area contributed by atoms with Crippen LogP contribution in [0.1, 0.15) is 23.5 Å². The first-order valence-corrected chi connectivity index (χ1v) is 7.49. The van der Waals surface area contributed by atoms with Gasteiger partial charge in [0.15, 0.2) is 0 Å². The molecule has 5 nitrogen and oxygen atoms in total. The van der Waals surface area contributed by atoms with Crippen LogP contribution in [0.5, 0.6) is 5.88 Å². The SMILES string of the molecule is O=C1C[C@@H](c2ccccc2Cl)c2c(nc3ccccn3c2=O)O1. The lowest BCUT2D eigenvalue weighted by Gasteiger charge is -2.24. The standard InChI is InChI=1S/C17H11ClN2O3/c18-12-6-2-1-5-10(12)11-9-14(21)23-16-15(11)17(22)20-8-4-3-7-13(20)19-16/h1-8,11H,9H2/t11-/m0/s1. The molecule has 0 fully saturated rings. The van der Waals surface area contributed by atoms with E-state index in [9.17, 15) is 9.59 Å². The molecule has 0 saturated carbocycles. The van der Waals surface area contributed by atoms with Crippen molar-refractivity contribution in [1.29, 1.82) is 0 Å². The monoisotopic (exact) mass is 326 g/mol. The number of rotatable bonds is 1. The maximum atomic E-state index is 12.9. The number of ether oxygens (including phenoxy) is 1. The number of hydrogen-bond acceptors (Lipinski definition) is 4. The van der Waals surface area contributed by atoms with Crippen LogP contribution in [0.4, 0.5) is 0 Å². The molecule has 0 bridgehead atoms. The topological polar surface area (TPSA) is 60.7 Å². The van der Waals surface area contributed by atoms with Crippen LogP contribution in [-0.2, 0) is 4.79 Å². The highest BCUT2D eigenvalue weighted by molar-refractivity contribution is 6.31. The van der Waals surface area contributed by atoms with Crippen molar-refractivity contribution in [2.45, 2.75) is 12.3 Å². The van der Waals surface area contributed by atoms with Crippen LogP contribution in [0.15, 0.2) is 53.5 Å². The molecule has 1 aliphatic heterocycles. The van der Waals surface area contributed by atoms with Crippen molar-refractivity contribution >= 4 is 23.2 Å². The second kappa shape index (κ2) is 5.21. The van der Waals surface area contributed by atoms with Gasteiger partial charge in [-0.2, -0.15) is 4.98 Å². The number of nitrogens with zero attached hydrogens (tertiary/aromatic N) is 2. The van der Waals surface area contributed by atoms with E-state index in [-0.39, 0.29) is 17.9 Å². The summed E-state index contributed by atoms with van der Waals surface area (Å²) in [7, 11) is 0. The number of benzene rings is 1. The summed E-state index contributed by atoms with van der Waals surface area (Å²) < 4.78 is 6.65. The second-order valence-corrected chi connectivity index (χ2v) is 5.72. The van der Waals surface area contributed by atoms with Crippen molar-refractivity contribution in [2.24, 2.45) is 0 Å². The molecule has 0 radical (unpaired) electrons. The molecule has 0 unspecified atom stereocenters. The van der Waals surface area contributed by atoms with Gasteiger partial charge in [0.25, 0.3) is 5.56 Å². The van der Waals surface area contributed by atoms with Crippen molar-refractivity contribution in [3.05, 3.63) is 75.2 Å². The van der Waals surface area contributed by atoms with Crippen molar-refractivity contribution in [3.63, 3.8) is 0 Å². The molecule has 3 heterocycles. The molecule has 0 spiro atoms. The third-order valence-electron chi connectivity index (χ3n) is 3.94. The molecule has 0 amide bonds. The molecule has 6 heteroatoms. The molecular formula is C17H11ClN2O3. The van der Waals surface area contributed by atoms with Crippen molar-refractivity contribution < 1.29 is 9.53 Å². The summed E-state index contributed by atoms with van der Waals surface area (Å²) in [5.41, 5.74) is 1.27. The van der Waals surface area contributed by atoms with E-state index in [1.165, 1.54) is 4.40 Å². The molecule has 0 N–H and O–H groups in total. The highest BCUT2D eigenvalue weighted by Crippen LogP contribution is 2.38. The summed E-state index contributed by atoms with van der Waals surface area (Å²) in [5.74, 6) is -0.811. The van der Waals surface area contributed by atoms with Gasteiger partial charge in [0.2, 0.25) is 5.88 Å². The van der Waals surface area contributed by atoms with Gasteiger partial charge < -0.3 is 4.74 Å². The Hall–Kier alpha value is -2.66. The van der Waals surface area contributed by atoms with Gasteiger partial charge in [-0.05, 0) is 23.8 Å². The van der Waals surface area contributed by atoms with E-state index in [1.54, 1.807) is 36.5 Å². The Balaban J connectivity index is 2.03. The van der Waals surface area contributed by atoms with E-state index in [0.29, 0.717) is 16.2 Å². The van der Waals surface area contributed by atoms with Crippen LogP contribution >= 0.6 is 11.6 Å². The molecular weight excluding hydrogens is 316 g/mol. The Morgan fingerprint density at radius 1 is 1.13 bits per heavy atom. The lowest BCUT2D eigenvalue weighted by atomic mass is 9.88. The summed E-state index contributed by atoms with van der Waals surface area (Å²) in [6.07, 6.45) is 1.71. The molecule has 1 atom stereocenters. The smallest absolute Gasteiger partial charge is 0.313 e. The highest BCUT2D eigenvalue weighted by atomic mass is 35.5. The Bertz CT molecular complexity index is 997. The van der Waals surface area contributed by atoms with Gasteiger partial charge in [-0.3, -0.25) is 14.0 Å². The van der Waals surface area contributed by atoms with Crippen LogP contribution in [0.3, 0.4) is 0 Å². The second-order valence-electron chi connectivity index (χ2n) is 5.32. The minimum Gasteiger partial charge on any atom is -0.407 e. The van der Waals surface area contributed by atoms with Crippen LogP contribution in [0.2, 0.25) is 5.02 Å². The van der Waals surface area contributed by atoms with Crippen LogP contribution in [0, 0.1) is 0 Å². The minimum atomic E-state index is -0.461. The maximum absolute atomic E-state index is 12.9. The summed E-state index contributed by atoms with van der Waals surface area (Å²) in [6.45, 7) is 0. The van der Waals surface area contributed by atoms with E-state index < -0.39 is 11.9 Å². The highest BCUT2D eigenvalue weighted by Gasteiger charge is 2.34. The van der Waals surface area contributed by atoms with Crippen LogP contribution in [0.25, 0.3) is 5.65 Å². The zero-order chi connectivity index (χ0) is 16.0. The predicted octanol–water partition coefficient (Wildman–Crippen LogP) is 2.79. The Morgan fingerprint density at radius 2 is 1.91 bits per heavy atom. The molecule has 3 aromatic rings. The number of halogens is 1. The number of carbonyl (C=O) groups excluding carboxylic acids is 1. The fourth-order valence-electron chi connectivity index (χ4n) is 2.90. The van der Waals surface area contributed by atoms with Gasteiger partial charge in [-0.15, -0.1) is 0 Å². The van der Waals surface area contributed by atoms with Gasteiger partial charge in [0, 0.05) is 17.1 Å². The zero-order valence-electron chi connectivity index (χ0n) is 11.9. The number of hydrogen-bond donors (Lipinski definition) is 0. The molecule has 0 saturated heterocycles. The number of carbonyl (C=O) groups is 1. The first kappa shape index (κ1) is 14.0. The average molecular weight is 327 g/mol.